The lowest BCUT2D eigenvalue weighted by Gasteiger charge is -2.34. The van der Waals surface area contributed by atoms with E-state index in [1.54, 1.807) is 36.7 Å². The fourth-order valence-corrected chi connectivity index (χ4v) is 5.62. The average molecular weight is 526 g/mol. The van der Waals surface area contributed by atoms with Gasteiger partial charge in [-0.2, -0.15) is 0 Å². The quantitative estimate of drug-likeness (QED) is 0.376. The molecule has 4 heterocycles. The summed E-state index contributed by atoms with van der Waals surface area (Å²) >= 11 is 0. The van der Waals surface area contributed by atoms with Gasteiger partial charge in [0, 0.05) is 49.1 Å². The Bertz CT molecular complexity index is 1340. The van der Waals surface area contributed by atoms with E-state index in [2.05, 4.69) is 32.9 Å². The maximum atomic E-state index is 13.4. The molecule has 0 saturated carbocycles. The number of pyridine rings is 1. The standard InChI is InChI=1S/C25H31N7O4S/c1-16(2)24-28-10-12-32(24)21-13-18(8-9-27-21)25(33)31-11-4-5-17(14-31)15-36-20-7-3-6-19-22(20)23(26)30-37(34,35)29-19/h3,6-10,12-13,16-17,29,34-35H,4-5,11,14-15H2,1-2H3,(H2,26,30). The highest BCUT2D eigenvalue weighted by Crippen LogP contribution is 2.46. The first-order valence-electron chi connectivity index (χ1n) is 12.2. The number of imidazole rings is 1. The van der Waals surface area contributed by atoms with Crippen LogP contribution in [0, 0.1) is 5.92 Å². The first-order valence-corrected chi connectivity index (χ1v) is 13.7. The first-order chi connectivity index (χ1) is 17.7. The number of amidine groups is 1. The zero-order valence-electron chi connectivity index (χ0n) is 20.7. The van der Waals surface area contributed by atoms with Crippen LogP contribution in [0.2, 0.25) is 0 Å². The van der Waals surface area contributed by atoms with Crippen molar-refractivity contribution < 1.29 is 18.6 Å². The van der Waals surface area contributed by atoms with Gasteiger partial charge in [0.05, 0.1) is 17.9 Å². The minimum Gasteiger partial charge on any atom is -0.492 e. The van der Waals surface area contributed by atoms with Crippen LogP contribution in [-0.4, -0.2) is 60.0 Å². The fourth-order valence-electron chi connectivity index (χ4n) is 4.75. The van der Waals surface area contributed by atoms with Gasteiger partial charge in [0.2, 0.25) is 0 Å². The van der Waals surface area contributed by atoms with E-state index in [1.807, 2.05) is 21.7 Å². The summed E-state index contributed by atoms with van der Waals surface area (Å²) in [6, 6.07) is 8.76. The van der Waals surface area contributed by atoms with Crippen LogP contribution in [0.4, 0.5) is 5.69 Å². The molecule has 0 aliphatic carbocycles. The number of likely N-dealkylation sites (tertiary alicyclic amines) is 1. The molecule has 1 aromatic carbocycles. The molecule has 1 unspecified atom stereocenters. The molecule has 12 heteroatoms. The summed E-state index contributed by atoms with van der Waals surface area (Å²) < 4.78 is 34.1. The number of benzene rings is 1. The number of carbonyl (C=O) groups is 1. The largest absolute Gasteiger partial charge is 0.492 e. The van der Waals surface area contributed by atoms with E-state index in [0.29, 0.717) is 48.1 Å². The minimum absolute atomic E-state index is 0.0109. The van der Waals surface area contributed by atoms with Gasteiger partial charge < -0.3 is 15.4 Å². The van der Waals surface area contributed by atoms with Crippen molar-refractivity contribution in [2.24, 2.45) is 16.0 Å². The Balaban J connectivity index is 1.27. The third-order valence-corrected chi connectivity index (χ3v) is 7.41. The molecule has 3 aromatic rings. The van der Waals surface area contributed by atoms with Crippen LogP contribution in [0.15, 0.2) is 53.3 Å². The Labute approximate surface area is 217 Å². The second kappa shape index (κ2) is 10.0. The van der Waals surface area contributed by atoms with Crippen molar-refractivity contribution in [3.63, 3.8) is 0 Å². The van der Waals surface area contributed by atoms with E-state index in [0.717, 1.165) is 18.7 Å². The SMILES string of the molecule is CC(C)c1nccn1-c1cc(C(=O)N2CCCC(COc3cccc4c3C(N)=NS(O)(O)N4)C2)ccn1. The summed E-state index contributed by atoms with van der Waals surface area (Å²) in [6.45, 7) is 5.77. The molecule has 5 N–H and O–H groups in total. The Morgan fingerprint density at radius 3 is 2.92 bits per heavy atom. The Morgan fingerprint density at radius 1 is 1.27 bits per heavy atom. The van der Waals surface area contributed by atoms with Gasteiger partial charge in [-0.25, -0.2) is 9.97 Å². The third kappa shape index (κ3) is 5.26. The Hall–Kier alpha value is -3.61. The van der Waals surface area contributed by atoms with Crippen LogP contribution in [0.3, 0.4) is 0 Å². The maximum Gasteiger partial charge on any atom is 0.254 e. The van der Waals surface area contributed by atoms with Gasteiger partial charge >= 0.3 is 0 Å². The number of anilines is 1. The van der Waals surface area contributed by atoms with Crippen molar-refractivity contribution in [2.45, 2.75) is 32.6 Å². The lowest BCUT2D eigenvalue weighted by molar-refractivity contribution is 0.0633. The van der Waals surface area contributed by atoms with Crippen LogP contribution in [0.5, 0.6) is 5.75 Å². The van der Waals surface area contributed by atoms with E-state index in [-0.39, 0.29) is 23.6 Å². The number of nitrogens with one attached hydrogen (secondary N) is 1. The van der Waals surface area contributed by atoms with E-state index in [9.17, 15) is 13.9 Å². The molecule has 0 spiro atoms. The van der Waals surface area contributed by atoms with Gasteiger partial charge in [-0.1, -0.05) is 19.9 Å². The van der Waals surface area contributed by atoms with Gasteiger partial charge in [-0.05, 0) is 48.1 Å². The molecule has 2 aliphatic rings. The van der Waals surface area contributed by atoms with Gasteiger partial charge in [0.15, 0.2) is 5.84 Å². The zero-order valence-corrected chi connectivity index (χ0v) is 21.6. The first kappa shape index (κ1) is 25.1. The molecule has 1 fully saturated rings. The molecule has 37 heavy (non-hydrogen) atoms. The predicted molar refractivity (Wildman–Crippen MR) is 143 cm³/mol. The highest BCUT2D eigenvalue weighted by molar-refractivity contribution is 8.24. The van der Waals surface area contributed by atoms with Gasteiger partial charge in [-0.3, -0.25) is 23.2 Å². The molecular formula is C25H31N7O4S. The van der Waals surface area contributed by atoms with E-state index >= 15 is 0 Å². The zero-order chi connectivity index (χ0) is 26.2. The van der Waals surface area contributed by atoms with Gasteiger partial charge in [0.25, 0.3) is 5.91 Å². The number of nitrogens with zero attached hydrogens (tertiary/aromatic N) is 5. The molecule has 5 rings (SSSR count). The Kier molecular flexibility index (Phi) is 6.80. The molecule has 2 aromatic heterocycles. The van der Waals surface area contributed by atoms with Crippen molar-refractivity contribution in [3.8, 4) is 11.6 Å². The number of nitrogens with two attached hydrogens (primary N) is 1. The van der Waals surface area contributed by atoms with Gasteiger partial charge in [-0.15, -0.1) is 4.40 Å². The summed E-state index contributed by atoms with van der Waals surface area (Å²) in [5.41, 5.74) is 7.54. The minimum atomic E-state index is -3.36. The topological polar surface area (TPSA) is 151 Å². The lowest BCUT2D eigenvalue weighted by atomic mass is 9.98. The van der Waals surface area contributed by atoms with Crippen LogP contribution in [-0.2, 0) is 0 Å². The summed E-state index contributed by atoms with van der Waals surface area (Å²) in [5, 5.41) is 0. The second-order valence-corrected chi connectivity index (χ2v) is 11.0. The number of piperidine rings is 1. The number of carbonyl (C=O) groups excluding carboxylic acids is 1. The maximum absolute atomic E-state index is 13.4. The Morgan fingerprint density at radius 2 is 2.11 bits per heavy atom. The normalized spacial score (nSPS) is 19.5. The van der Waals surface area contributed by atoms with Crippen molar-refractivity contribution >= 4 is 28.4 Å². The lowest BCUT2D eigenvalue weighted by Crippen LogP contribution is -2.41. The molecular weight excluding hydrogens is 494 g/mol. The average Bonchev–Trinajstić information content (AvgIpc) is 3.37. The third-order valence-electron chi connectivity index (χ3n) is 6.46. The predicted octanol–water partition coefficient (Wildman–Crippen LogP) is 4.03. The number of ether oxygens (including phenoxy) is 1. The molecule has 2 aliphatic heterocycles. The highest BCUT2D eigenvalue weighted by atomic mass is 32.3. The summed E-state index contributed by atoms with van der Waals surface area (Å²) in [5.74, 6) is 2.39. The number of fused-ring (bicyclic) bond motifs is 1. The number of aromatic nitrogens is 3. The number of amides is 1. The number of hydrogen-bond donors (Lipinski definition) is 4. The van der Waals surface area contributed by atoms with Crippen molar-refractivity contribution in [2.75, 3.05) is 24.4 Å². The van der Waals surface area contributed by atoms with E-state index in [4.69, 9.17) is 10.5 Å². The molecule has 1 amide bonds. The molecule has 1 saturated heterocycles. The highest BCUT2D eigenvalue weighted by Gasteiger charge is 2.28. The van der Waals surface area contributed by atoms with Crippen molar-refractivity contribution in [3.05, 3.63) is 65.9 Å². The molecule has 0 bridgehead atoms. The molecule has 0 radical (unpaired) electrons. The number of hydrogen-bond acceptors (Lipinski definition) is 9. The van der Waals surface area contributed by atoms with E-state index < -0.39 is 11.0 Å². The number of rotatable bonds is 6. The molecule has 11 nitrogen and oxygen atoms in total. The van der Waals surface area contributed by atoms with Crippen LogP contribution < -0.4 is 15.2 Å². The summed E-state index contributed by atoms with van der Waals surface area (Å²) in [7, 11) is -3.36. The van der Waals surface area contributed by atoms with Crippen molar-refractivity contribution in [1.82, 2.24) is 19.4 Å². The van der Waals surface area contributed by atoms with Crippen LogP contribution >= 0.6 is 11.0 Å². The monoisotopic (exact) mass is 525 g/mol. The fraction of sp³-hybridized carbons (Fsp3) is 0.360. The summed E-state index contributed by atoms with van der Waals surface area (Å²) in [6.07, 6.45) is 7.05. The molecule has 196 valence electrons. The van der Waals surface area contributed by atoms with Crippen molar-refractivity contribution in [1.29, 1.82) is 0 Å². The van der Waals surface area contributed by atoms with E-state index in [1.165, 1.54) is 0 Å². The van der Waals surface area contributed by atoms with Gasteiger partial charge in [0.1, 0.15) is 17.4 Å². The molecule has 1 atom stereocenters. The second-order valence-electron chi connectivity index (χ2n) is 9.56. The smallest absolute Gasteiger partial charge is 0.254 e. The van der Waals surface area contributed by atoms with Crippen LogP contribution in [0.25, 0.3) is 5.82 Å². The summed E-state index contributed by atoms with van der Waals surface area (Å²) in [4.78, 5) is 24.1. The van der Waals surface area contributed by atoms with Crippen LogP contribution in [0.1, 0.15) is 54.4 Å².